The van der Waals surface area contributed by atoms with Crippen molar-refractivity contribution in [3.63, 3.8) is 0 Å². The van der Waals surface area contributed by atoms with Gasteiger partial charge in [0.05, 0.1) is 13.1 Å². The molecule has 0 saturated carbocycles. The molecule has 0 aliphatic rings. The second kappa shape index (κ2) is 6.51. The lowest BCUT2D eigenvalue weighted by atomic mass is 10.4. The number of thiophene rings is 1. The number of anilines is 1. The van der Waals surface area contributed by atoms with E-state index in [0.717, 1.165) is 19.6 Å². The molecule has 18 heavy (non-hydrogen) atoms. The van der Waals surface area contributed by atoms with E-state index in [9.17, 15) is 0 Å². The van der Waals surface area contributed by atoms with Gasteiger partial charge in [-0.05, 0) is 24.9 Å². The molecule has 0 aliphatic heterocycles. The molecular weight excluding hydrogens is 248 g/mol. The molecular formula is C12H18N4OS. The second-order valence-electron chi connectivity index (χ2n) is 3.85. The fourth-order valence-electron chi connectivity index (χ4n) is 1.58. The maximum Gasteiger partial charge on any atom is 0.318 e. The molecule has 0 unspecified atom stereocenters. The normalized spacial score (nSPS) is 10.8. The van der Waals surface area contributed by atoms with E-state index < -0.39 is 0 Å². The Morgan fingerprint density at radius 2 is 2.28 bits per heavy atom. The molecule has 0 atom stereocenters. The highest BCUT2D eigenvalue weighted by Gasteiger charge is 2.13. The smallest absolute Gasteiger partial charge is 0.318 e. The first-order valence-electron chi connectivity index (χ1n) is 6.14. The maximum atomic E-state index is 5.63. The van der Waals surface area contributed by atoms with E-state index in [1.54, 1.807) is 11.3 Å². The van der Waals surface area contributed by atoms with E-state index in [1.807, 2.05) is 6.92 Å². The van der Waals surface area contributed by atoms with Crippen LogP contribution in [0.1, 0.15) is 24.6 Å². The minimum Gasteiger partial charge on any atom is -0.407 e. The number of rotatable bonds is 7. The molecule has 5 nitrogen and oxygen atoms in total. The molecule has 6 heteroatoms. The standard InChI is InChI=1S/C12H18N4OS/c1-3-13-8-11-14-15-12(17-11)16(4-2)9-10-6-5-7-18-10/h5-7,13H,3-4,8-9H2,1-2H3. The van der Waals surface area contributed by atoms with Crippen LogP contribution < -0.4 is 10.2 Å². The highest BCUT2D eigenvalue weighted by Crippen LogP contribution is 2.18. The second-order valence-corrected chi connectivity index (χ2v) is 4.88. The van der Waals surface area contributed by atoms with Crippen molar-refractivity contribution in [1.82, 2.24) is 15.5 Å². The number of hydrogen-bond donors (Lipinski definition) is 1. The summed E-state index contributed by atoms with van der Waals surface area (Å²) in [7, 11) is 0. The molecule has 0 fully saturated rings. The van der Waals surface area contributed by atoms with Crippen molar-refractivity contribution in [3.05, 3.63) is 28.3 Å². The predicted molar refractivity (Wildman–Crippen MR) is 72.7 cm³/mol. The van der Waals surface area contributed by atoms with Gasteiger partial charge in [0.2, 0.25) is 5.89 Å². The van der Waals surface area contributed by atoms with E-state index in [2.05, 4.69) is 44.9 Å². The Bertz CT molecular complexity index is 454. The molecule has 0 bridgehead atoms. The molecule has 2 heterocycles. The Morgan fingerprint density at radius 1 is 1.39 bits per heavy atom. The molecule has 2 aromatic rings. The summed E-state index contributed by atoms with van der Waals surface area (Å²) in [5.74, 6) is 0.636. The number of hydrogen-bond acceptors (Lipinski definition) is 6. The summed E-state index contributed by atoms with van der Waals surface area (Å²) in [4.78, 5) is 3.37. The van der Waals surface area contributed by atoms with E-state index in [-0.39, 0.29) is 0 Å². The first-order valence-corrected chi connectivity index (χ1v) is 7.01. The molecule has 0 saturated heterocycles. The van der Waals surface area contributed by atoms with Crippen LogP contribution in [0.2, 0.25) is 0 Å². The molecule has 0 spiro atoms. The van der Waals surface area contributed by atoms with Crippen LogP contribution in [0.5, 0.6) is 0 Å². The molecule has 1 N–H and O–H groups in total. The molecule has 0 aliphatic carbocycles. The quantitative estimate of drug-likeness (QED) is 0.833. The van der Waals surface area contributed by atoms with Crippen molar-refractivity contribution >= 4 is 17.4 Å². The third kappa shape index (κ3) is 3.30. The molecule has 2 aromatic heterocycles. The predicted octanol–water partition coefficient (Wildman–Crippen LogP) is 2.27. The van der Waals surface area contributed by atoms with Gasteiger partial charge >= 0.3 is 6.01 Å². The fourth-order valence-corrected chi connectivity index (χ4v) is 2.30. The van der Waals surface area contributed by atoms with Gasteiger partial charge in [-0.3, -0.25) is 0 Å². The lowest BCUT2D eigenvalue weighted by Crippen LogP contribution is -2.21. The van der Waals surface area contributed by atoms with Crippen LogP contribution in [0.25, 0.3) is 0 Å². The molecule has 0 amide bonds. The van der Waals surface area contributed by atoms with E-state index in [0.29, 0.717) is 18.5 Å². The van der Waals surface area contributed by atoms with Crippen molar-refractivity contribution < 1.29 is 4.42 Å². The Labute approximate surface area is 111 Å². The van der Waals surface area contributed by atoms with Crippen LogP contribution in [0.3, 0.4) is 0 Å². The zero-order valence-electron chi connectivity index (χ0n) is 10.7. The average Bonchev–Trinajstić information content (AvgIpc) is 3.04. The van der Waals surface area contributed by atoms with Crippen LogP contribution in [-0.2, 0) is 13.1 Å². The first kappa shape index (κ1) is 13.0. The minimum absolute atomic E-state index is 0.596. The number of nitrogens with one attached hydrogen (secondary N) is 1. The highest BCUT2D eigenvalue weighted by molar-refractivity contribution is 7.09. The monoisotopic (exact) mass is 266 g/mol. The van der Waals surface area contributed by atoms with Crippen molar-refractivity contribution in [1.29, 1.82) is 0 Å². The summed E-state index contributed by atoms with van der Waals surface area (Å²) in [6.45, 7) is 7.32. The van der Waals surface area contributed by atoms with Crippen molar-refractivity contribution in [3.8, 4) is 0 Å². The van der Waals surface area contributed by atoms with Gasteiger partial charge in [-0.15, -0.1) is 16.4 Å². The number of nitrogens with zero attached hydrogens (tertiary/aromatic N) is 3. The summed E-state index contributed by atoms with van der Waals surface area (Å²) >= 11 is 1.74. The Hall–Kier alpha value is -1.40. The van der Waals surface area contributed by atoms with Gasteiger partial charge in [-0.25, -0.2) is 0 Å². The Kier molecular flexibility index (Phi) is 4.72. The van der Waals surface area contributed by atoms with E-state index in [1.165, 1.54) is 4.88 Å². The van der Waals surface area contributed by atoms with Crippen LogP contribution in [0.4, 0.5) is 6.01 Å². The van der Waals surface area contributed by atoms with E-state index in [4.69, 9.17) is 4.42 Å². The summed E-state index contributed by atoms with van der Waals surface area (Å²) < 4.78 is 5.63. The Morgan fingerprint density at radius 3 is 2.94 bits per heavy atom. The fraction of sp³-hybridized carbons (Fsp3) is 0.500. The average molecular weight is 266 g/mol. The zero-order chi connectivity index (χ0) is 12.8. The van der Waals surface area contributed by atoms with Crippen molar-refractivity contribution in [2.24, 2.45) is 0 Å². The molecule has 98 valence electrons. The first-order chi connectivity index (χ1) is 8.83. The van der Waals surface area contributed by atoms with Crippen LogP contribution in [0, 0.1) is 0 Å². The van der Waals surface area contributed by atoms with Gasteiger partial charge < -0.3 is 14.6 Å². The summed E-state index contributed by atoms with van der Waals surface area (Å²) in [6.07, 6.45) is 0. The summed E-state index contributed by atoms with van der Waals surface area (Å²) in [6, 6.07) is 4.76. The van der Waals surface area contributed by atoms with Crippen LogP contribution >= 0.6 is 11.3 Å². The van der Waals surface area contributed by atoms with Gasteiger partial charge in [-0.2, -0.15) is 0 Å². The topological polar surface area (TPSA) is 54.2 Å². The van der Waals surface area contributed by atoms with Crippen LogP contribution in [-0.4, -0.2) is 23.3 Å². The maximum absolute atomic E-state index is 5.63. The third-order valence-corrected chi connectivity index (χ3v) is 3.42. The highest BCUT2D eigenvalue weighted by atomic mass is 32.1. The summed E-state index contributed by atoms with van der Waals surface area (Å²) in [5, 5.41) is 13.4. The Balaban J connectivity index is 2.00. The zero-order valence-corrected chi connectivity index (χ0v) is 11.5. The largest absolute Gasteiger partial charge is 0.407 e. The van der Waals surface area contributed by atoms with Gasteiger partial charge in [0.15, 0.2) is 0 Å². The van der Waals surface area contributed by atoms with Gasteiger partial charge in [0.25, 0.3) is 0 Å². The van der Waals surface area contributed by atoms with Crippen molar-refractivity contribution in [2.75, 3.05) is 18.0 Å². The number of aromatic nitrogens is 2. The van der Waals surface area contributed by atoms with Crippen LogP contribution in [0.15, 0.2) is 21.9 Å². The van der Waals surface area contributed by atoms with Gasteiger partial charge in [0, 0.05) is 11.4 Å². The molecule has 0 aromatic carbocycles. The SMILES string of the molecule is CCNCc1nnc(N(CC)Cc2cccs2)o1. The molecule has 0 radical (unpaired) electrons. The molecule has 2 rings (SSSR count). The lowest BCUT2D eigenvalue weighted by molar-refractivity contribution is 0.465. The van der Waals surface area contributed by atoms with Crippen molar-refractivity contribution in [2.45, 2.75) is 26.9 Å². The lowest BCUT2D eigenvalue weighted by Gasteiger charge is -2.16. The van der Waals surface area contributed by atoms with E-state index >= 15 is 0 Å². The minimum atomic E-state index is 0.596. The van der Waals surface area contributed by atoms with Gasteiger partial charge in [-0.1, -0.05) is 18.1 Å². The van der Waals surface area contributed by atoms with Gasteiger partial charge in [0.1, 0.15) is 0 Å². The summed E-state index contributed by atoms with van der Waals surface area (Å²) in [5.41, 5.74) is 0. The third-order valence-electron chi connectivity index (χ3n) is 2.56.